The highest BCUT2D eigenvalue weighted by molar-refractivity contribution is 6.08. The zero-order valence-electron chi connectivity index (χ0n) is 17.7. The van der Waals surface area contributed by atoms with E-state index in [1.807, 2.05) is 42.6 Å². The number of hydrogen-bond acceptors (Lipinski definition) is 5. The van der Waals surface area contributed by atoms with Crippen molar-refractivity contribution < 1.29 is 9.21 Å². The van der Waals surface area contributed by atoms with Crippen LogP contribution in [0, 0.1) is 0 Å². The van der Waals surface area contributed by atoms with Crippen molar-refractivity contribution >= 4 is 33.5 Å². The van der Waals surface area contributed by atoms with Crippen molar-refractivity contribution in [1.29, 1.82) is 0 Å². The lowest BCUT2D eigenvalue weighted by molar-refractivity contribution is -0.120. The first-order valence-corrected chi connectivity index (χ1v) is 10.7. The highest BCUT2D eigenvalue weighted by Crippen LogP contribution is 2.30. The predicted molar refractivity (Wildman–Crippen MR) is 123 cm³/mol. The number of amides is 1. The van der Waals surface area contributed by atoms with E-state index >= 15 is 0 Å². The molecule has 158 valence electrons. The minimum Gasteiger partial charge on any atom is -0.464 e. The van der Waals surface area contributed by atoms with E-state index in [4.69, 9.17) is 4.42 Å². The summed E-state index contributed by atoms with van der Waals surface area (Å²) in [5.41, 5.74) is 2.77. The van der Waals surface area contributed by atoms with Crippen LogP contribution >= 0.6 is 0 Å². The first-order valence-electron chi connectivity index (χ1n) is 10.7. The van der Waals surface area contributed by atoms with E-state index in [9.17, 15) is 4.79 Å². The van der Waals surface area contributed by atoms with Gasteiger partial charge < -0.3 is 19.5 Å². The summed E-state index contributed by atoms with van der Waals surface area (Å²) in [6.45, 7) is 4.39. The summed E-state index contributed by atoms with van der Waals surface area (Å²) in [6.07, 6.45) is 3.81. The Kier molecular flexibility index (Phi) is 5.30. The monoisotopic (exact) mass is 414 g/mol. The average molecular weight is 415 g/mol. The molecule has 2 aromatic carbocycles. The SMILES string of the molecule is CN1CCN(c2ncccc2CNC(=O)Cc2coc3ccc4ccccc4c23)CC1. The quantitative estimate of drug-likeness (QED) is 0.541. The molecular formula is C25H26N4O2. The van der Waals surface area contributed by atoms with E-state index in [-0.39, 0.29) is 12.3 Å². The molecule has 0 spiro atoms. The third-order valence-corrected chi connectivity index (χ3v) is 6.04. The number of nitrogens with one attached hydrogen (secondary N) is 1. The molecular weight excluding hydrogens is 388 g/mol. The van der Waals surface area contributed by atoms with Crippen LogP contribution in [0.2, 0.25) is 0 Å². The molecule has 1 aliphatic heterocycles. The van der Waals surface area contributed by atoms with Gasteiger partial charge in [0.1, 0.15) is 11.4 Å². The van der Waals surface area contributed by atoms with Crippen LogP contribution in [0.25, 0.3) is 21.7 Å². The molecule has 3 heterocycles. The third-order valence-electron chi connectivity index (χ3n) is 6.04. The molecule has 0 unspecified atom stereocenters. The van der Waals surface area contributed by atoms with Crippen molar-refractivity contribution in [1.82, 2.24) is 15.2 Å². The number of likely N-dealkylation sites (N-methyl/N-ethyl adjacent to an activating group) is 1. The maximum atomic E-state index is 12.8. The molecule has 31 heavy (non-hydrogen) atoms. The van der Waals surface area contributed by atoms with Gasteiger partial charge in [0.05, 0.1) is 12.7 Å². The number of carbonyl (C=O) groups is 1. The van der Waals surface area contributed by atoms with Gasteiger partial charge in [-0.25, -0.2) is 4.98 Å². The lowest BCUT2D eigenvalue weighted by atomic mass is 10.0. The fourth-order valence-electron chi connectivity index (χ4n) is 4.31. The number of rotatable bonds is 5. The molecule has 6 heteroatoms. The molecule has 1 fully saturated rings. The van der Waals surface area contributed by atoms with E-state index in [1.54, 1.807) is 6.26 Å². The van der Waals surface area contributed by atoms with Gasteiger partial charge in [0.15, 0.2) is 0 Å². The smallest absolute Gasteiger partial charge is 0.224 e. The molecule has 0 radical (unpaired) electrons. The van der Waals surface area contributed by atoms with Crippen LogP contribution in [-0.4, -0.2) is 49.0 Å². The normalized spacial score (nSPS) is 14.9. The van der Waals surface area contributed by atoms with E-state index in [0.29, 0.717) is 6.54 Å². The van der Waals surface area contributed by atoms with Crippen LogP contribution in [-0.2, 0) is 17.8 Å². The molecule has 6 nitrogen and oxygen atoms in total. The Morgan fingerprint density at radius 3 is 2.74 bits per heavy atom. The van der Waals surface area contributed by atoms with Crippen molar-refractivity contribution in [3.63, 3.8) is 0 Å². The van der Waals surface area contributed by atoms with Gasteiger partial charge >= 0.3 is 0 Å². The van der Waals surface area contributed by atoms with Gasteiger partial charge in [0.25, 0.3) is 0 Å². The number of pyridine rings is 1. The van der Waals surface area contributed by atoms with Crippen LogP contribution in [0.1, 0.15) is 11.1 Å². The maximum Gasteiger partial charge on any atom is 0.224 e. The minimum absolute atomic E-state index is 0.0242. The second-order valence-electron chi connectivity index (χ2n) is 8.15. The fraction of sp³-hybridized carbons (Fsp3) is 0.280. The van der Waals surface area contributed by atoms with Gasteiger partial charge in [-0.2, -0.15) is 0 Å². The van der Waals surface area contributed by atoms with E-state index in [0.717, 1.165) is 64.9 Å². The fourth-order valence-corrected chi connectivity index (χ4v) is 4.31. The molecule has 1 amide bonds. The molecule has 0 aliphatic carbocycles. The average Bonchev–Trinajstić information content (AvgIpc) is 3.22. The van der Waals surface area contributed by atoms with Gasteiger partial charge in [-0.05, 0) is 30.0 Å². The summed E-state index contributed by atoms with van der Waals surface area (Å²) in [5, 5.41) is 6.36. The number of nitrogens with zero attached hydrogens (tertiary/aromatic N) is 3. The molecule has 1 aliphatic rings. The van der Waals surface area contributed by atoms with Crippen molar-refractivity contribution in [2.75, 3.05) is 38.1 Å². The summed E-state index contributed by atoms with van der Waals surface area (Å²) in [5.74, 6) is 0.944. The van der Waals surface area contributed by atoms with Crippen molar-refractivity contribution in [3.8, 4) is 0 Å². The Labute approximate surface area is 181 Å². The number of carbonyl (C=O) groups excluding carboxylic acids is 1. The Bertz CT molecular complexity index is 1220. The molecule has 4 aromatic rings. The summed E-state index contributed by atoms with van der Waals surface area (Å²) >= 11 is 0. The number of anilines is 1. The molecule has 1 saturated heterocycles. The van der Waals surface area contributed by atoms with Gasteiger partial charge in [0.2, 0.25) is 5.91 Å². The third kappa shape index (κ3) is 3.99. The zero-order chi connectivity index (χ0) is 21.2. The van der Waals surface area contributed by atoms with E-state index in [2.05, 4.69) is 39.3 Å². The molecule has 5 rings (SSSR count). The number of furan rings is 1. The first-order chi connectivity index (χ1) is 15.2. The second kappa shape index (κ2) is 8.40. The van der Waals surface area contributed by atoms with Crippen LogP contribution in [0.4, 0.5) is 5.82 Å². The van der Waals surface area contributed by atoms with Gasteiger partial charge in [-0.15, -0.1) is 0 Å². The summed E-state index contributed by atoms with van der Waals surface area (Å²) < 4.78 is 5.73. The maximum absolute atomic E-state index is 12.8. The summed E-state index contributed by atoms with van der Waals surface area (Å²) in [6, 6.07) is 16.2. The van der Waals surface area contributed by atoms with E-state index < -0.39 is 0 Å². The lowest BCUT2D eigenvalue weighted by Crippen LogP contribution is -2.45. The highest BCUT2D eigenvalue weighted by atomic mass is 16.3. The Hall–Kier alpha value is -3.38. The number of aromatic nitrogens is 1. The molecule has 1 N–H and O–H groups in total. The predicted octanol–water partition coefficient (Wildman–Crippen LogP) is 3.59. The standard InChI is InChI=1S/C25H26N4O2/c1-28-11-13-29(14-12-28)25-19(6-4-10-26-25)16-27-23(30)15-20-17-31-22-9-8-18-5-2-3-7-21(18)24(20)22/h2-10,17H,11-16H2,1H3,(H,27,30). The topological polar surface area (TPSA) is 61.6 Å². The Balaban J connectivity index is 1.31. The van der Waals surface area contributed by atoms with E-state index in [1.165, 1.54) is 0 Å². The van der Waals surface area contributed by atoms with Gasteiger partial charge in [0, 0.05) is 55.4 Å². The number of fused-ring (bicyclic) bond motifs is 3. The number of hydrogen-bond donors (Lipinski definition) is 1. The molecule has 0 saturated carbocycles. The van der Waals surface area contributed by atoms with Crippen molar-refractivity contribution in [2.45, 2.75) is 13.0 Å². The molecule has 0 bridgehead atoms. The zero-order valence-corrected chi connectivity index (χ0v) is 17.7. The van der Waals surface area contributed by atoms with Crippen LogP contribution < -0.4 is 10.2 Å². The Morgan fingerprint density at radius 1 is 1.03 bits per heavy atom. The largest absolute Gasteiger partial charge is 0.464 e. The van der Waals surface area contributed by atoms with Crippen LogP contribution in [0.15, 0.2) is 65.4 Å². The molecule has 2 aromatic heterocycles. The van der Waals surface area contributed by atoms with Crippen LogP contribution in [0.5, 0.6) is 0 Å². The minimum atomic E-state index is -0.0242. The number of piperazine rings is 1. The van der Waals surface area contributed by atoms with Gasteiger partial charge in [-0.1, -0.05) is 36.4 Å². The Morgan fingerprint density at radius 2 is 1.87 bits per heavy atom. The summed E-state index contributed by atoms with van der Waals surface area (Å²) in [4.78, 5) is 22.0. The lowest BCUT2D eigenvalue weighted by Gasteiger charge is -2.34. The van der Waals surface area contributed by atoms with Crippen molar-refractivity contribution in [2.24, 2.45) is 0 Å². The second-order valence-corrected chi connectivity index (χ2v) is 8.15. The van der Waals surface area contributed by atoms with Gasteiger partial charge in [-0.3, -0.25) is 4.79 Å². The summed E-state index contributed by atoms with van der Waals surface area (Å²) in [7, 11) is 2.14. The molecule has 0 atom stereocenters. The van der Waals surface area contributed by atoms with Crippen LogP contribution in [0.3, 0.4) is 0 Å². The highest BCUT2D eigenvalue weighted by Gasteiger charge is 2.19. The number of benzene rings is 2. The van der Waals surface area contributed by atoms with Crippen molar-refractivity contribution in [3.05, 3.63) is 72.1 Å². The first kappa shape index (κ1) is 19.6.